The molecule has 2 aliphatic carbocycles. The van der Waals surface area contributed by atoms with Crippen LogP contribution in [0.15, 0.2) is 0 Å². The summed E-state index contributed by atoms with van der Waals surface area (Å²) in [6.45, 7) is 7.68. The Labute approximate surface area is 156 Å². The molecule has 2 saturated carbocycles. The molecular weight excluding hydrogens is 332 g/mol. The largest absolute Gasteiger partial charge is 0.480 e. The van der Waals surface area contributed by atoms with Crippen LogP contribution in [-0.2, 0) is 14.3 Å². The van der Waals surface area contributed by atoms with E-state index < -0.39 is 5.97 Å². The molecule has 148 valence electrons. The van der Waals surface area contributed by atoms with Crippen LogP contribution in [0, 0.1) is 23.7 Å². The molecule has 6 atom stereocenters. The zero-order valence-corrected chi connectivity index (χ0v) is 16.3. The Morgan fingerprint density at radius 2 is 1.38 bits per heavy atom. The zero-order valence-electron chi connectivity index (χ0n) is 16.3. The van der Waals surface area contributed by atoms with Crippen LogP contribution in [0.1, 0.15) is 59.3 Å². The lowest BCUT2D eigenvalue weighted by Crippen LogP contribution is -2.40. The molecule has 4 aliphatic rings. The summed E-state index contributed by atoms with van der Waals surface area (Å²) in [7, 11) is 0. The first kappa shape index (κ1) is 19.6. The van der Waals surface area contributed by atoms with Crippen LogP contribution >= 0.6 is 0 Å². The fraction of sp³-hybridized carbons (Fsp3) is 0.900. The first-order valence-corrected chi connectivity index (χ1v) is 10.2. The van der Waals surface area contributed by atoms with E-state index in [1.807, 2.05) is 20.8 Å². The van der Waals surface area contributed by atoms with Gasteiger partial charge in [0.25, 0.3) is 0 Å². The predicted octanol–water partition coefficient (Wildman–Crippen LogP) is 2.18. The van der Waals surface area contributed by atoms with E-state index in [4.69, 9.17) is 9.84 Å². The van der Waals surface area contributed by atoms with E-state index in [9.17, 15) is 9.59 Å². The van der Waals surface area contributed by atoms with Crippen LogP contribution in [0.3, 0.4) is 0 Å². The van der Waals surface area contributed by atoms with Crippen LogP contribution in [0.5, 0.6) is 0 Å². The van der Waals surface area contributed by atoms with Crippen LogP contribution in [0.2, 0.25) is 0 Å². The molecule has 6 nitrogen and oxygen atoms in total. The van der Waals surface area contributed by atoms with Crippen molar-refractivity contribution in [3.05, 3.63) is 0 Å². The molecule has 2 saturated heterocycles. The molecule has 3 N–H and O–H groups in total. The Kier molecular flexibility index (Phi) is 5.92. The van der Waals surface area contributed by atoms with Crippen molar-refractivity contribution < 1.29 is 19.4 Å². The van der Waals surface area contributed by atoms with Crippen molar-refractivity contribution in [2.75, 3.05) is 13.1 Å². The minimum atomic E-state index is -0.667. The maximum absolute atomic E-state index is 11.9. The Morgan fingerprint density at radius 1 is 0.885 bits per heavy atom. The van der Waals surface area contributed by atoms with Gasteiger partial charge in [-0.25, -0.2) is 0 Å². The summed E-state index contributed by atoms with van der Waals surface area (Å²) in [6, 6.07) is -0.292. The van der Waals surface area contributed by atoms with E-state index in [1.54, 1.807) is 0 Å². The van der Waals surface area contributed by atoms with Gasteiger partial charge in [0.1, 0.15) is 17.7 Å². The van der Waals surface area contributed by atoms with Crippen LogP contribution in [0.25, 0.3) is 0 Å². The highest BCUT2D eigenvalue weighted by molar-refractivity contribution is 5.77. The third kappa shape index (κ3) is 4.39. The maximum Gasteiger partial charge on any atom is 0.323 e. The van der Waals surface area contributed by atoms with Gasteiger partial charge >= 0.3 is 11.9 Å². The molecule has 0 aromatic carbocycles. The highest BCUT2D eigenvalue weighted by atomic mass is 16.6. The van der Waals surface area contributed by atoms with Crippen LogP contribution < -0.4 is 10.6 Å². The summed E-state index contributed by atoms with van der Waals surface area (Å²) in [5, 5.41) is 15.2. The van der Waals surface area contributed by atoms with Gasteiger partial charge in [-0.3, -0.25) is 9.59 Å². The van der Waals surface area contributed by atoms with E-state index in [2.05, 4.69) is 10.6 Å². The Bertz CT molecular complexity index is 530. The monoisotopic (exact) mass is 366 g/mol. The van der Waals surface area contributed by atoms with Gasteiger partial charge < -0.3 is 20.5 Å². The van der Waals surface area contributed by atoms with Crippen molar-refractivity contribution >= 4 is 11.9 Å². The number of nitrogens with one attached hydrogen (secondary N) is 2. The number of carboxylic acids is 1. The summed E-state index contributed by atoms with van der Waals surface area (Å²) in [5.41, 5.74) is -0.366. The second-order valence-electron chi connectivity index (χ2n) is 9.35. The summed E-state index contributed by atoms with van der Waals surface area (Å²) in [5.74, 6) is 1.59. The molecule has 0 bridgehead atoms. The van der Waals surface area contributed by atoms with E-state index in [0.717, 1.165) is 19.5 Å². The predicted molar refractivity (Wildman–Crippen MR) is 98.7 cm³/mol. The quantitative estimate of drug-likeness (QED) is 0.649. The van der Waals surface area contributed by atoms with Crippen LogP contribution in [-0.4, -0.2) is 47.8 Å². The average molecular weight is 367 g/mol. The number of rotatable bonds is 2. The Morgan fingerprint density at radius 3 is 1.88 bits per heavy atom. The SMILES string of the molecule is CC(C)(C)OC(=O)[C@H]1NC[C@@H]2CCC[C@@H]21.O=C(O)[C@H]1NC[C@@H]2CCC[C@@H]21. The van der Waals surface area contributed by atoms with E-state index in [1.165, 1.54) is 32.1 Å². The molecular formula is C20H34N2O4. The molecule has 0 aromatic rings. The van der Waals surface area contributed by atoms with Gasteiger partial charge in [0.2, 0.25) is 0 Å². The molecule has 4 fully saturated rings. The lowest BCUT2D eigenvalue weighted by Gasteiger charge is -2.24. The number of hydrogen-bond donors (Lipinski definition) is 3. The summed E-state index contributed by atoms with van der Waals surface area (Å²) < 4.78 is 5.43. The summed E-state index contributed by atoms with van der Waals surface area (Å²) in [4.78, 5) is 22.6. The van der Waals surface area contributed by atoms with E-state index in [-0.39, 0.29) is 23.7 Å². The average Bonchev–Trinajstić information content (AvgIpc) is 3.26. The number of carboxylic acid groups (broad SMARTS) is 1. The van der Waals surface area contributed by atoms with Gasteiger partial charge in [0.05, 0.1) is 0 Å². The van der Waals surface area contributed by atoms with Crippen molar-refractivity contribution in [2.24, 2.45) is 23.7 Å². The third-order valence-corrected chi connectivity index (χ3v) is 6.42. The smallest absolute Gasteiger partial charge is 0.323 e. The number of hydrogen-bond acceptors (Lipinski definition) is 5. The van der Waals surface area contributed by atoms with Gasteiger partial charge in [-0.15, -0.1) is 0 Å². The first-order valence-electron chi connectivity index (χ1n) is 10.2. The zero-order chi connectivity index (χ0) is 18.9. The molecule has 0 amide bonds. The maximum atomic E-state index is 11.9. The standard InChI is InChI=1S/C12H21NO2.C8H13NO2/c1-12(2,3)15-11(14)10-9-6-4-5-8(9)7-13-10;10-8(11)7-6-3-1-2-5(6)4-9-7/h8-10,13H,4-7H2,1-3H3;5-7,9H,1-4H2,(H,10,11)/t8-,9-,10-;5-,6-,7-/m00/s1. The molecule has 0 aromatic heterocycles. The highest BCUT2D eigenvalue weighted by Crippen LogP contribution is 2.38. The van der Waals surface area contributed by atoms with Crippen molar-refractivity contribution in [3.63, 3.8) is 0 Å². The van der Waals surface area contributed by atoms with Gasteiger partial charge in [0, 0.05) is 0 Å². The number of carbonyl (C=O) groups is 2. The number of fused-ring (bicyclic) bond motifs is 2. The lowest BCUT2D eigenvalue weighted by molar-refractivity contribution is -0.158. The van der Waals surface area contributed by atoms with Gasteiger partial charge in [-0.05, 0) is 83.2 Å². The Balaban J connectivity index is 0.000000158. The topological polar surface area (TPSA) is 87.7 Å². The molecule has 6 heteroatoms. The normalized spacial score (nSPS) is 38.3. The summed E-state index contributed by atoms with van der Waals surface area (Å²) in [6.07, 6.45) is 7.28. The van der Waals surface area contributed by atoms with Gasteiger partial charge in [-0.2, -0.15) is 0 Å². The molecule has 26 heavy (non-hydrogen) atoms. The molecule has 0 unspecified atom stereocenters. The van der Waals surface area contributed by atoms with Crippen molar-refractivity contribution in [2.45, 2.75) is 77.0 Å². The second-order valence-corrected chi connectivity index (χ2v) is 9.35. The Hall–Kier alpha value is -1.14. The minimum absolute atomic E-state index is 0.0447. The molecule has 2 aliphatic heterocycles. The van der Waals surface area contributed by atoms with Gasteiger partial charge in [-0.1, -0.05) is 12.8 Å². The van der Waals surface area contributed by atoms with E-state index >= 15 is 0 Å². The number of esters is 1. The molecule has 0 spiro atoms. The first-order chi connectivity index (χ1) is 12.3. The fourth-order valence-electron chi connectivity index (χ4n) is 5.27. The van der Waals surface area contributed by atoms with Crippen LogP contribution in [0.4, 0.5) is 0 Å². The molecule has 2 heterocycles. The molecule has 4 rings (SSSR count). The van der Waals surface area contributed by atoms with Crippen molar-refractivity contribution in [3.8, 4) is 0 Å². The number of carbonyl (C=O) groups excluding carboxylic acids is 1. The van der Waals surface area contributed by atoms with E-state index in [0.29, 0.717) is 23.7 Å². The van der Waals surface area contributed by atoms with Crippen molar-refractivity contribution in [1.29, 1.82) is 0 Å². The summed E-state index contributed by atoms with van der Waals surface area (Å²) >= 11 is 0. The lowest BCUT2D eigenvalue weighted by atomic mass is 9.94. The van der Waals surface area contributed by atoms with Crippen molar-refractivity contribution in [1.82, 2.24) is 10.6 Å². The second kappa shape index (κ2) is 7.85. The fourth-order valence-corrected chi connectivity index (χ4v) is 5.27. The number of ether oxygens (including phenoxy) is 1. The molecule has 0 radical (unpaired) electrons. The van der Waals surface area contributed by atoms with Gasteiger partial charge in [0.15, 0.2) is 0 Å². The minimum Gasteiger partial charge on any atom is -0.480 e. The number of aliphatic carboxylic acids is 1. The highest BCUT2D eigenvalue weighted by Gasteiger charge is 2.44. The third-order valence-electron chi connectivity index (χ3n) is 6.42.